The van der Waals surface area contributed by atoms with Gasteiger partial charge in [-0.2, -0.15) is 0 Å². The highest BCUT2D eigenvalue weighted by Gasteiger charge is 2.14. The minimum Gasteiger partial charge on any atom is -0.480 e. The van der Waals surface area contributed by atoms with E-state index in [0.717, 1.165) is 17.9 Å². The van der Waals surface area contributed by atoms with E-state index in [2.05, 4.69) is 11.8 Å². The Morgan fingerprint density at radius 3 is 2.11 bits per heavy atom. The highest BCUT2D eigenvalue weighted by atomic mass is 16.4. The molecule has 1 N–H and O–H groups in total. The number of hydrogen-bond donors (Lipinski definition) is 1. The third kappa shape index (κ3) is 3.65. The van der Waals surface area contributed by atoms with Crippen molar-refractivity contribution in [3.8, 4) is 0 Å². The van der Waals surface area contributed by atoms with Gasteiger partial charge in [0.05, 0.1) is 0 Å². The summed E-state index contributed by atoms with van der Waals surface area (Å²) in [4.78, 5) is 14.9. The van der Waals surface area contributed by atoms with Gasteiger partial charge in [-0.1, -0.05) is 0 Å². The number of rotatable bonds is 6. The maximum absolute atomic E-state index is 10.9. The van der Waals surface area contributed by atoms with Gasteiger partial charge in [0, 0.05) is 31.0 Å². The minimum absolute atomic E-state index is 0.0284. The molecule has 4 nitrogen and oxygen atoms in total. The Hall–Kier alpha value is -1.71. The van der Waals surface area contributed by atoms with E-state index in [1.165, 1.54) is 0 Å². The van der Waals surface area contributed by atoms with Gasteiger partial charge in [-0.15, -0.1) is 0 Å². The maximum atomic E-state index is 10.9. The molecule has 18 heavy (non-hydrogen) atoms. The van der Waals surface area contributed by atoms with Crippen LogP contribution >= 0.6 is 0 Å². The zero-order valence-corrected chi connectivity index (χ0v) is 11.6. The summed E-state index contributed by atoms with van der Waals surface area (Å²) >= 11 is 0. The zero-order valence-electron chi connectivity index (χ0n) is 11.6. The van der Waals surface area contributed by atoms with Crippen LogP contribution in [-0.4, -0.2) is 37.3 Å². The van der Waals surface area contributed by atoms with Gasteiger partial charge in [-0.25, -0.2) is 0 Å². The molecule has 0 aliphatic carbocycles. The van der Waals surface area contributed by atoms with Crippen LogP contribution in [0, 0.1) is 0 Å². The highest BCUT2D eigenvalue weighted by molar-refractivity contribution is 5.74. The number of hydrogen-bond acceptors (Lipinski definition) is 3. The summed E-state index contributed by atoms with van der Waals surface area (Å²) < 4.78 is 0. The van der Waals surface area contributed by atoms with Crippen LogP contribution in [0.3, 0.4) is 0 Å². The van der Waals surface area contributed by atoms with Crippen LogP contribution in [0.5, 0.6) is 0 Å². The van der Waals surface area contributed by atoms with Crippen molar-refractivity contribution < 1.29 is 9.90 Å². The van der Waals surface area contributed by atoms with Crippen LogP contribution in [0.25, 0.3) is 0 Å². The quantitative estimate of drug-likeness (QED) is 0.842. The van der Waals surface area contributed by atoms with Crippen LogP contribution in [0.1, 0.15) is 20.8 Å². The Balaban J connectivity index is 2.90. The number of carboxylic acids is 1. The van der Waals surface area contributed by atoms with Gasteiger partial charge in [0.2, 0.25) is 0 Å². The van der Waals surface area contributed by atoms with E-state index in [1.807, 2.05) is 50.1 Å². The van der Waals surface area contributed by atoms with E-state index in [9.17, 15) is 4.79 Å². The van der Waals surface area contributed by atoms with Crippen LogP contribution in [0.4, 0.5) is 11.4 Å². The SMILES string of the molecule is CCN(C)c1ccc(N(CC(=O)O)C(C)C)cc1. The summed E-state index contributed by atoms with van der Waals surface area (Å²) in [6.45, 7) is 7.06. The first-order chi connectivity index (χ1) is 8.45. The summed E-state index contributed by atoms with van der Waals surface area (Å²) in [5.41, 5.74) is 2.08. The molecule has 0 aromatic heterocycles. The maximum Gasteiger partial charge on any atom is 0.323 e. The first-order valence-corrected chi connectivity index (χ1v) is 6.25. The standard InChI is InChI=1S/C14H22N2O2/c1-5-15(4)12-6-8-13(9-7-12)16(11(2)3)10-14(17)18/h6-9,11H,5,10H2,1-4H3,(H,17,18). The van der Waals surface area contributed by atoms with E-state index < -0.39 is 5.97 Å². The molecule has 0 radical (unpaired) electrons. The number of carbonyl (C=O) groups is 1. The summed E-state index contributed by atoms with van der Waals surface area (Å²) in [5, 5.41) is 8.93. The summed E-state index contributed by atoms with van der Waals surface area (Å²) in [7, 11) is 2.03. The average molecular weight is 250 g/mol. The largest absolute Gasteiger partial charge is 0.480 e. The average Bonchev–Trinajstić information content (AvgIpc) is 2.34. The molecule has 0 bridgehead atoms. The fourth-order valence-electron chi connectivity index (χ4n) is 1.80. The monoisotopic (exact) mass is 250 g/mol. The first kappa shape index (κ1) is 14.4. The highest BCUT2D eigenvalue weighted by Crippen LogP contribution is 2.21. The molecule has 100 valence electrons. The molecule has 0 aliphatic heterocycles. The van der Waals surface area contributed by atoms with E-state index in [1.54, 1.807) is 0 Å². The predicted octanol–water partition coefficient (Wildman–Crippen LogP) is 2.44. The summed E-state index contributed by atoms with van der Waals surface area (Å²) in [5.74, 6) is -0.807. The lowest BCUT2D eigenvalue weighted by atomic mass is 10.2. The van der Waals surface area contributed by atoms with E-state index >= 15 is 0 Å². The third-order valence-corrected chi connectivity index (χ3v) is 3.03. The number of nitrogens with zero attached hydrogens (tertiary/aromatic N) is 2. The van der Waals surface area contributed by atoms with Crippen LogP contribution in [0.2, 0.25) is 0 Å². The fourth-order valence-corrected chi connectivity index (χ4v) is 1.80. The lowest BCUT2D eigenvalue weighted by Gasteiger charge is -2.28. The molecule has 1 aromatic carbocycles. The normalized spacial score (nSPS) is 10.5. The Morgan fingerprint density at radius 1 is 1.22 bits per heavy atom. The second-order valence-electron chi connectivity index (χ2n) is 4.65. The Labute approximate surface area is 109 Å². The molecule has 0 aliphatic rings. The van der Waals surface area contributed by atoms with Gasteiger partial charge >= 0.3 is 5.97 Å². The van der Waals surface area contributed by atoms with Crippen molar-refractivity contribution in [3.05, 3.63) is 24.3 Å². The van der Waals surface area contributed by atoms with Crippen LogP contribution in [0.15, 0.2) is 24.3 Å². The lowest BCUT2D eigenvalue weighted by Crippen LogP contribution is -2.35. The molecular formula is C14H22N2O2. The minimum atomic E-state index is -0.807. The van der Waals surface area contributed by atoms with Gasteiger partial charge in [0.15, 0.2) is 0 Å². The summed E-state index contributed by atoms with van der Waals surface area (Å²) in [6, 6.07) is 8.16. The molecule has 0 fully saturated rings. The Kier molecular flexibility index (Phi) is 5.01. The predicted molar refractivity (Wildman–Crippen MR) is 75.5 cm³/mol. The van der Waals surface area contributed by atoms with Crippen molar-refractivity contribution >= 4 is 17.3 Å². The van der Waals surface area contributed by atoms with Crippen molar-refractivity contribution in [3.63, 3.8) is 0 Å². The molecule has 0 saturated heterocycles. The fraction of sp³-hybridized carbons (Fsp3) is 0.500. The number of carboxylic acid groups (broad SMARTS) is 1. The second-order valence-corrected chi connectivity index (χ2v) is 4.65. The Bertz CT molecular complexity index is 387. The molecule has 0 amide bonds. The van der Waals surface area contributed by atoms with Crippen molar-refractivity contribution in [2.45, 2.75) is 26.8 Å². The third-order valence-electron chi connectivity index (χ3n) is 3.03. The van der Waals surface area contributed by atoms with Crippen molar-refractivity contribution in [1.82, 2.24) is 0 Å². The van der Waals surface area contributed by atoms with Gasteiger partial charge in [-0.05, 0) is 45.0 Å². The molecule has 0 unspecified atom stereocenters. The second kappa shape index (κ2) is 6.28. The topological polar surface area (TPSA) is 43.8 Å². The van der Waals surface area contributed by atoms with Crippen molar-refractivity contribution in [2.75, 3.05) is 29.9 Å². The molecular weight excluding hydrogens is 228 g/mol. The number of anilines is 2. The Morgan fingerprint density at radius 2 is 1.72 bits per heavy atom. The molecule has 4 heteroatoms. The van der Waals surface area contributed by atoms with Crippen molar-refractivity contribution in [2.24, 2.45) is 0 Å². The molecule has 0 heterocycles. The lowest BCUT2D eigenvalue weighted by molar-refractivity contribution is -0.135. The van der Waals surface area contributed by atoms with Crippen LogP contribution in [-0.2, 0) is 4.79 Å². The molecule has 1 aromatic rings. The first-order valence-electron chi connectivity index (χ1n) is 6.25. The molecule has 0 spiro atoms. The smallest absolute Gasteiger partial charge is 0.323 e. The molecule has 0 atom stereocenters. The molecule has 0 saturated carbocycles. The van der Waals surface area contributed by atoms with Crippen LogP contribution < -0.4 is 9.80 Å². The van der Waals surface area contributed by atoms with E-state index in [4.69, 9.17) is 5.11 Å². The van der Waals surface area contributed by atoms with Gasteiger partial charge in [0.1, 0.15) is 6.54 Å². The van der Waals surface area contributed by atoms with Gasteiger partial charge in [0.25, 0.3) is 0 Å². The van der Waals surface area contributed by atoms with Gasteiger partial charge < -0.3 is 14.9 Å². The number of aliphatic carboxylic acids is 1. The van der Waals surface area contributed by atoms with E-state index in [0.29, 0.717) is 0 Å². The number of benzene rings is 1. The summed E-state index contributed by atoms with van der Waals surface area (Å²) in [6.07, 6.45) is 0. The van der Waals surface area contributed by atoms with E-state index in [-0.39, 0.29) is 12.6 Å². The van der Waals surface area contributed by atoms with Crippen molar-refractivity contribution in [1.29, 1.82) is 0 Å². The molecule has 1 rings (SSSR count). The zero-order chi connectivity index (χ0) is 13.7. The van der Waals surface area contributed by atoms with Gasteiger partial charge in [-0.3, -0.25) is 4.79 Å².